The molecule has 0 atom stereocenters. The summed E-state index contributed by atoms with van der Waals surface area (Å²) in [7, 11) is 0. The maximum atomic E-state index is 11.3. The number of aromatic amines is 1. The van der Waals surface area contributed by atoms with E-state index in [4.69, 9.17) is 0 Å². The Morgan fingerprint density at radius 1 is 1.77 bits per heavy atom. The molecule has 0 spiro atoms. The van der Waals surface area contributed by atoms with E-state index in [0.717, 1.165) is 18.7 Å². The summed E-state index contributed by atoms with van der Waals surface area (Å²) in [6, 6.07) is -0.183. The van der Waals surface area contributed by atoms with Crippen molar-refractivity contribution in [3.05, 3.63) is 12.2 Å². The average Bonchev–Trinajstić information content (AvgIpc) is 2.52. The summed E-state index contributed by atoms with van der Waals surface area (Å²) in [5, 5.41) is 6.69. The van der Waals surface area contributed by atoms with Gasteiger partial charge in [0.1, 0.15) is 0 Å². The fourth-order valence-electron chi connectivity index (χ4n) is 0.931. The van der Waals surface area contributed by atoms with Crippen LogP contribution in [-0.4, -0.2) is 22.4 Å². The second-order valence-corrected chi connectivity index (χ2v) is 2.89. The molecule has 1 aromatic heterocycles. The summed E-state index contributed by atoms with van der Waals surface area (Å²) < 4.78 is 1.27. The maximum Gasteiger partial charge on any atom is 0.415 e. The first-order chi connectivity index (χ1) is 6.24. The predicted octanol–water partition coefficient (Wildman–Crippen LogP) is 0.363. The van der Waals surface area contributed by atoms with Crippen molar-refractivity contribution in [3.8, 4) is 0 Å². The molecule has 5 heteroatoms. The first-order valence-corrected chi connectivity index (χ1v) is 4.46. The van der Waals surface area contributed by atoms with Crippen LogP contribution >= 0.6 is 0 Å². The molecular weight excluding hydrogens is 168 g/mol. The molecule has 1 heterocycles. The lowest BCUT2D eigenvalue weighted by atomic mass is 10.3. The summed E-state index contributed by atoms with van der Waals surface area (Å²) in [5.41, 5.74) is 0. The molecule has 72 valence electrons. The van der Waals surface area contributed by atoms with Crippen molar-refractivity contribution in [3.63, 3.8) is 0 Å². The van der Waals surface area contributed by atoms with Crippen LogP contribution in [0.2, 0.25) is 0 Å². The van der Waals surface area contributed by atoms with Gasteiger partial charge in [0.15, 0.2) is 0 Å². The molecule has 2 N–H and O–H groups in total. The van der Waals surface area contributed by atoms with Gasteiger partial charge in [0.25, 0.3) is 5.82 Å². The normalized spacial score (nSPS) is 10.0. The van der Waals surface area contributed by atoms with Gasteiger partial charge in [-0.2, -0.15) is 0 Å². The van der Waals surface area contributed by atoms with Crippen LogP contribution in [0.1, 0.15) is 25.6 Å². The number of H-pyrrole nitrogens is 1. The predicted molar refractivity (Wildman–Crippen MR) is 47.2 cm³/mol. The molecular formula is C8H15N4O+. The molecule has 1 rings (SSSR count). The Bertz CT molecular complexity index is 281. The van der Waals surface area contributed by atoms with Gasteiger partial charge in [0.2, 0.25) is 6.33 Å². The fraction of sp³-hybridized carbons (Fsp3) is 0.625. The molecule has 0 fully saturated rings. The molecule has 5 nitrogen and oxygen atoms in total. The Morgan fingerprint density at radius 2 is 2.54 bits per heavy atom. The van der Waals surface area contributed by atoms with E-state index < -0.39 is 0 Å². The van der Waals surface area contributed by atoms with Gasteiger partial charge >= 0.3 is 6.03 Å². The number of rotatable bonds is 3. The SMILES string of the molecule is CCCCNC(=O)n1c[nH+]c(C)n1. The number of nitrogens with one attached hydrogen (secondary N) is 2. The van der Waals surface area contributed by atoms with Crippen molar-refractivity contribution in [2.24, 2.45) is 0 Å². The monoisotopic (exact) mass is 183 g/mol. The summed E-state index contributed by atoms with van der Waals surface area (Å²) in [6.07, 6.45) is 3.61. The van der Waals surface area contributed by atoms with Crippen LogP contribution in [0.15, 0.2) is 6.33 Å². The highest BCUT2D eigenvalue weighted by molar-refractivity contribution is 5.75. The van der Waals surface area contributed by atoms with Crippen molar-refractivity contribution in [2.75, 3.05) is 6.54 Å². The lowest BCUT2D eigenvalue weighted by Crippen LogP contribution is -2.29. The Morgan fingerprint density at radius 3 is 3.08 bits per heavy atom. The standard InChI is InChI=1S/C8H14N4O/c1-3-4-5-9-8(13)12-6-10-7(2)11-12/h6H,3-5H2,1-2H3,(H,9,13)/p+1. The van der Waals surface area contributed by atoms with Crippen LogP contribution < -0.4 is 10.3 Å². The van der Waals surface area contributed by atoms with E-state index in [-0.39, 0.29) is 6.03 Å². The third-order valence-electron chi connectivity index (χ3n) is 1.67. The summed E-state index contributed by atoms with van der Waals surface area (Å²) >= 11 is 0. The van der Waals surface area contributed by atoms with E-state index in [9.17, 15) is 4.79 Å². The first kappa shape index (κ1) is 9.70. The summed E-state index contributed by atoms with van der Waals surface area (Å²) in [5.74, 6) is 0.727. The van der Waals surface area contributed by atoms with Crippen LogP contribution in [0, 0.1) is 6.92 Å². The van der Waals surface area contributed by atoms with Gasteiger partial charge in [0, 0.05) is 18.6 Å². The zero-order chi connectivity index (χ0) is 9.68. The Hall–Kier alpha value is -1.39. The molecule has 0 bridgehead atoms. The lowest BCUT2D eigenvalue weighted by Gasteiger charge is -1.97. The number of carbonyl (C=O) groups excluding carboxylic acids is 1. The van der Waals surface area contributed by atoms with Gasteiger partial charge in [-0.1, -0.05) is 13.3 Å². The first-order valence-electron chi connectivity index (χ1n) is 4.46. The minimum Gasteiger partial charge on any atom is -0.322 e. The van der Waals surface area contributed by atoms with E-state index in [1.165, 1.54) is 11.0 Å². The number of hydrogen-bond acceptors (Lipinski definition) is 2. The zero-order valence-corrected chi connectivity index (χ0v) is 8.00. The van der Waals surface area contributed by atoms with Crippen LogP contribution in [-0.2, 0) is 0 Å². The van der Waals surface area contributed by atoms with Crippen molar-refractivity contribution < 1.29 is 9.78 Å². The third kappa shape index (κ3) is 2.85. The third-order valence-corrected chi connectivity index (χ3v) is 1.67. The number of aromatic nitrogens is 3. The van der Waals surface area contributed by atoms with E-state index >= 15 is 0 Å². The maximum absolute atomic E-state index is 11.3. The minimum absolute atomic E-state index is 0.183. The summed E-state index contributed by atoms with van der Waals surface area (Å²) in [4.78, 5) is 14.1. The number of hydrogen-bond donors (Lipinski definition) is 1. The molecule has 0 radical (unpaired) electrons. The number of aryl methyl sites for hydroxylation is 1. The molecule has 1 aromatic rings. The van der Waals surface area contributed by atoms with Gasteiger partial charge in [-0.15, -0.1) is 0 Å². The number of amides is 1. The average molecular weight is 183 g/mol. The van der Waals surface area contributed by atoms with Crippen LogP contribution in [0.5, 0.6) is 0 Å². The van der Waals surface area contributed by atoms with Crippen molar-refractivity contribution in [1.82, 2.24) is 15.1 Å². The number of nitrogens with zero attached hydrogens (tertiary/aromatic N) is 2. The van der Waals surface area contributed by atoms with E-state index in [2.05, 4.69) is 22.3 Å². The topological polar surface area (TPSA) is 61.1 Å². The molecule has 0 saturated carbocycles. The number of carbonyl (C=O) groups is 1. The quantitative estimate of drug-likeness (QED) is 0.688. The molecule has 13 heavy (non-hydrogen) atoms. The Kier molecular flexibility index (Phi) is 3.42. The van der Waals surface area contributed by atoms with Gasteiger partial charge in [-0.3, -0.25) is 0 Å². The highest BCUT2D eigenvalue weighted by Gasteiger charge is 2.12. The molecule has 1 amide bonds. The highest BCUT2D eigenvalue weighted by Crippen LogP contribution is 1.85. The van der Waals surface area contributed by atoms with Crippen molar-refractivity contribution in [2.45, 2.75) is 26.7 Å². The largest absolute Gasteiger partial charge is 0.415 e. The smallest absolute Gasteiger partial charge is 0.322 e. The second kappa shape index (κ2) is 4.59. The van der Waals surface area contributed by atoms with Gasteiger partial charge in [0.05, 0.1) is 0 Å². The Labute approximate surface area is 77.2 Å². The fourth-order valence-corrected chi connectivity index (χ4v) is 0.931. The lowest BCUT2D eigenvalue weighted by molar-refractivity contribution is -0.388. The highest BCUT2D eigenvalue weighted by atomic mass is 16.2. The molecule has 0 unspecified atom stereocenters. The van der Waals surface area contributed by atoms with Gasteiger partial charge < -0.3 is 5.32 Å². The van der Waals surface area contributed by atoms with E-state index in [0.29, 0.717) is 6.54 Å². The zero-order valence-electron chi connectivity index (χ0n) is 8.00. The number of unbranched alkanes of at least 4 members (excludes halogenated alkanes) is 1. The summed E-state index contributed by atoms with van der Waals surface area (Å²) in [6.45, 7) is 4.59. The van der Waals surface area contributed by atoms with Gasteiger partial charge in [-0.25, -0.2) is 9.78 Å². The van der Waals surface area contributed by atoms with Crippen LogP contribution in [0.3, 0.4) is 0 Å². The van der Waals surface area contributed by atoms with E-state index in [1.807, 2.05) is 0 Å². The van der Waals surface area contributed by atoms with Crippen LogP contribution in [0.25, 0.3) is 0 Å². The van der Waals surface area contributed by atoms with Gasteiger partial charge in [-0.05, 0) is 11.1 Å². The molecule has 0 aliphatic heterocycles. The molecule has 0 aliphatic rings. The minimum atomic E-state index is -0.183. The molecule has 0 aromatic carbocycles. The van der Waals surface area contributed by atoms with Crippen molar-refractivity contribution in [1.29, 1.82) is 0 Å². The molecule has 0 saturated heterocycles. The molecule has 0 aliphatic carbocycles. The van der Waals surface area contributed by atoms with E-state index in [1.54, 1.807) is 6.92 Å². The van der Waals surface area contributed by atoms with Crippen molar-refractivity contribution >= 4 is 6.03 Å². The second-order valence-electron chi connectivity index (χ2n) is 2.89. The van der Waals surface area contributed by atoms with Crippen LogP contribution in [0.4, 0.5) is 4.79 Å². The Balaban J connectivity index is 2.40.